The van der Waals surface area contributed by atoms with Gasteiger partial charge in [-0.15, -0.1) is 10.2 Å². The molecule has 0 atom stereocenters. The maximum atomic E-state index is 14.0. The van der Waals surface area contributed by atoms with Gasteiger partial charge in [-0.25, -0.2) is 4.39 Å². The van der Waals surface area contributed by atoms with E-state index in [1.165, 1.54) is 12.1 Å². The van der Waals surface area contributed by atoms with Gasteiger partial charge in [0.2, 0.25) is 0 Å². The lowest BCUT2D eigenvalue weighted by Gasteiger charge is -2.13. The van der Waals surface area contributed by atoms with Gasteiger partial charge in [0.1, 0.15) is 5.82 Å². The van der Waals surface area contributed by atoms with Crippen molar-refractivity contribution in [2.45, 2.75) is 25.0 Å². The van der Waals surface area contributed by atoms with Crippen molar-refractivity contribution in [3.05, 3.63) is 29.0 Å². The van der Waals surface area contributed by atoms with Crippen LogP contribution in [0.5, 0.6) is 0 Å². The zero-order valence-corrected chi connectivity index (χ0v) is 13.0. The van der Waals surface area contributed by atoms with Gasteiger partial charge in [0.05, 0.1) is 11.3 Å². The lowest BCUT2D eigenvalue weighted by atomic mass is 10.2. The maximum Gasteiger partial charge on any atom is 0.313 e. The largest absolute Gasteiger partial charge is 0.481 e. The molecule has 0 aliphatic rings. The molecule has 0 amide bonds. The molecule has 1 heterocycles. The molecule has 0 saturated heterocycles. The Morgan fingerprint density at radius 1 is 1.48 bits per heavy atom. The van der Waals surface area contributed by atoms with E-state index in [1.54, 1.807) is 10.6 Å². The Labute approximate surface area is 130 Å². The fourth-order valence-corrected chi connectivity index (χ4v) is 2.77. The van der Waals surface area contributed by atoms with E-state index < -0.39 is 11.8 Å². The minimum absolute atomic E-state index is 0.0404. The summed E-state index contributed by atoms with van der Waals surface area (Å²) in [5, 5.41) is 17.4. The van der Waals surface area contributed by atoms with Gasteiger partial charge in [0.15, 0.2) is 11.0 Å². The lowest BCUT2D eigenvalue weighted by Crippen LogP contribution is -2.07. The molecule has 1 aromatic heterocycles. The van der Waals surface area contributed by atoms with E-state index in [4.69, 9.17) is 16.7 Å². The highest BCUT2D eigenvalue weighted by molar-refractivity contribution is 7.99. The standard InChI is InChI=1S/C13H13ClFN3O2S/c1-7(2)18-12(9-4-3-8(14)5-10(9)15)16-17-13(18)21-6-11(19)20/h3-5,7H,6H2,1-2H3,(H,19,20). The first-order valence-electron chi connectivity index (χ1n) is 6.15. The number of carbonyl (C=O) groups is 1. The molecule has 5 nitrogen and oxygen atoms in total. The molecule has 1 N–H and O–H groups in total. The van der Waals surface area contributed by atoms with Gasteiger partial charge in [-0.1, -0.05) is 23.4 Å². The number of hydrogen-bond acceptors (Lipinski definition) is 4. The first-order chi connectivity index (χ1) is 9.90. The molecule has 8 heteroatoms. The van der Waals surface area contributed by atoms with Crippen LogP contribution in [0.3, 0.4) is 0 Å². The third-order valence-corrected chi connectivity index (χ3v) is 3.84. The summed E-state index contributed by atoms with van der Waals surface area (Å²) in [4.78, 5) is 10.7. The lowest BCUT2D eigenvalue weighted by molar-refractivity contribution is -0.133. The Hall–Kier alpha value is -1.60. The highest BCUT2D eigenvalue weighted by Gasteiger charge is 2.20. The molecule has 0 unspecified atom stereocenters. The summed E-state index contributed by atoms with van der Waals surface area (Å²) in [6.45, 7) is 3.79. The topological polar surface area (TPSA) is 68.0 Å². The first kappa shape index (κ1) is 15.8. The molecule has 0 fully saturated rings. The van der Waals surface area contributed by atoms with Crippen molar-refractivity contribution in [1.82, 2.24) is 14.8 Å². The van der Waals surface area contributed by atoms with Crippen molar-refractivity contribution >= 4 is 29.3 Å². The second kappa shape index (κ2) is 6.44. The maximum absolute atomic E-state index is 14.0. The van der Waals surface area contributed by atoms with Crippen molar-refractivity contribution in [2.24, 2.45) is 0 Å². The molecule has 2 aromatic rings. The molecule has 0 bridgehead atoms. The number of thioether (sulfide) groups is 1. The number of nitrogens with zero attached hydrogens (tertiary/aromatic N) is 3. The molecule has 0 radical (unpaired) electrons. The van der Waals surface area contributed by atoms with E-state index in [2.05, 4.69) is 10.2 Å². The van der Waals surface area contributed by atoms with Gasteiger partial charge in [-0.2, -0.15) is 0 Å². The number of benzene rings is 1. The van der Waals surface area contributed by atoms with Crippen molar-refractivity contribution < 1.29 is 14.3 Å². The zero-order chi connectivity index (χ0) is 15.6. The Bertz CT molecular complexity index is 675. The quantitative estimate of drug-likeness (QED) is 0.850. The first-order valence-corrected chi connectivity index (χ1v) is 7.51. The van der Waals surface area contributed by atoms with Crippen LogP contribution in [-0.4, -0.2) is 31.6 Å². The number of hydrogen-bond donors (Lipinski definition) is 1. The van der Waals surface area contributed by atoms with Crippen LogP contribution in [-0.2, 0) is 4.79 Å². The van der Waals surface area contributed by atoms with Gasteiger partial charge in [-0.3, -0.25) is 9.36 Å². The molecular weight excluding hydrogens is 317 g/mol. The van der Waals surface area contributed by atoms with Crippen LogP contribution in [0.2, 0.25) is 5.02 Å². The minimum Gasteiger partial charge on any atom is -0.481 e. The van der Waals surface area contributed by atoms with E-state index in [0.29, 0.717) is 16.0 Å². The molecule has 0 spiro atoms. The number of halogens is 2. The van der Waals surface area contributed by atoms with Crippen molar-refractivity contribution in [1.29, 1.82) is 0 Å². The number of aromatic nitrogens is 3. The normalized spacial score (nSPS) is 11.1. The smallest absolute Gasteiger partial charge is 0.313 e. The van der Waals surface area contributed by atoms with Gasteiger partial charge in [0.25, 0.3) is 0 Å². The van der Waals surface area contributed by atoms with E-state index in [0.717, 1.165) is 11.8 Å². The highest BCUT2D eigenvalue weighted by atomic mass is 35.5. The van der Waals surface area contributed by atoms with Gasteiger partial charge in [-0.05, 0) is 32.0 Å². The average molecular weight is 330 g/mol. The molecule has 1 aromatic carbocycles. The molecule has 2 rings (SSSR count). The summed E-state index contributed by atoms with van der Waals surface area (Å²) in [6, 6.07) is 4.27. The van der Waals surface area contributed by atoms with E-state index in [1.807, 2.05) is 13.8 Å². The number of aliphatic carboxylic acids is 1. The summed E-state index contributed by atoms with van der Waals surface area (Å²) in [6.07, 6.45) is 0. The number of carboxylic acid groups (broad SMARTS) is 1. The predicted octanol–water partition coefficient (Wildman–Crippen LogP) is 3.50. The van der Waals surface area contributed by atoms with E-state index >= 15 is 0 Å². The van der Waals surface area contributed by atoms with Crippen LogP contribution in [0.15, 0.2) is 23.4 Å². The van der Waals surface area contributed by atoms with Gasteiger partial charge in [0, 0.05) is 11.1 Å². The van der Waals surface area contributed by atoms with Crippen LogP contribution in [0.4, 0.5) is 4.39 Å². The summed E-state index contributed by atoms with van der Waals surface area (Å²) in [5.74, 6) is -1.22. The summed E-state index contributed by atoms with van der Waals surface area (Å²) >= 11 is 6.79. The summed E-state index contributed by atoms with van der Waals surface area (Å²) in [5.41, 5.74) is 0.280. The van der Waals surface area contributed by atoms with E-state index in [9.17, 15) is 9.18 Å². The van der Waals surface area contributed by atoms with Crippen LogP contribution in [0, 0.1) is 5.82 Å². The van der Waals surface area contributed by atoms with Crippen LogP contribution in [0.25, 0.3) is 11.4 Å². The molecule has 0 aliphatic heterocycles. The second-order valence-corrected chi connectivity index (χ2v) is 5.96. The average Bonchev–Trinajstić information content (AvgIpc) is 2.80. The Morgan fingerprint density at radius 2 is 2.19 bits per heavy atom. The van der Waals surface area contributed by atoms with Gasteiger partial charge < -0.3 is 5.11 Å². The number of rotatable bonds is 5. The Kier molecular flexibility index (Phi) is 4.84. The molecule has 21 heavy (non-hydrogen) atoms. The third kappa shape index (κ3) is 3.54. The fraction of sp³-hybridized carbons (Fsp3) is 0.308. The van der Waals surface area contributed by atoms with Gasteiger partial charge >= 0.3 is 5.97 Å². The number of carboxylic acids is 1. The molecule has 112 valence electrons. The van der Waals surface area contributed by atoms with Crippen molar-refractivity contribution in [3.63, 3.8) is 0 Å². The Morgan fingerprint density at radius 3 is 2.76 bits per heavy atom. The van der Waals surface area contributed by atoms with Crippen LogP contribution < -0.4 is 0 Å². The van der Waals surface area contributed by atoms with Crippen LogP contribution in [0.1, 0.15) is 19.9 Å². The van der Waals surface area contributed by atoms with E-state index in [-0.39, 0.29) is 17.4 Å². The SMILES string of the molecule is CC(C)n1c(SCC(=O)O)nnc1-c1ccc(Cl)cc1F. The minimum atomic E-state index is -0.947. The zero-order valence-electron chi connectivity index (χ0n) is 11.4. The summed E-state index contributed by atoms with van der Waals surface area (Å²) < 4.78 is 15.7. The fourth-order valence-electron chi connectivity index (χ4n) is 1.82. The summed E-state index contributed by atoms with van der Waals surface area (Å²) in [7, 11) is 0. The van der Waals surface area contributed by atoms with Crippen LogP contribution >= 0.6 is 23.4 Å². The third-order valence-electron chi connectivity index (χ3n) is 2.68. The molecule has 0 saturated carbocycles. The highest BCUT2D eigenvalue weighted by Crippen LogP contribution is 2.30. The Balaban J connectivity index is 2.46. The molecule has 0 aliphatic carbocycles. The second-order valence-electron chi connectivity index (χ2n) is 4.58. The van der Waals surface area contributed by atoms with Crippen molar-refractivity contribution in [2.75, 3.05) is 5.75 Å². The monoisotopic (exact) mass is 329 g/mol. The predicted molar refractivity (Wildman–Crippen MR) is 79.2 cm³/mol. The van der Waals surface area contributed by atoms with Crippen molar-refractivity contribution in [3.8, 4) is 11.4 Å². The molecular formula is C13H13ClFN3O2S.